The van der Waals surface area contributed by atoms with E-state index in [0.29, 0.717) is 17.7 Å². The van der Waals surface area contributed by atoms with Gasteiger partial charge in [-0.2, -0.15) is 0 Å². The van der Waals surface area contributed by atoms with Crippen molar-refractivity contribution in [3.63, 3.8) is 0 Å². The first kappa shape index (κ1) is 24.8. The molecular formula is C22H30ClN7O2S. The van der Waals surface area contributed by atoms with Gasteiger partial charge in [-0.3, -0.25) is 10.2 Å². The Hall–Kier alpha value is -1.30. The Labute approximate surface area is 205 Å². The summed E-state index contributed by atoms with van der Waals surface area (Å²) in [7, 11) is 0. The lowest BCUT2D eigenvalue weighted by molar-refractivity contribution is 0.185. The number of rotatable bonds is 8. The maximum atomic E-state index is 10.7. The molecule has 2 atom stereocenters. The summed E-state index contributed by atoms with van der Waals surface area (Å²) in [6.45, 7) is 8.24. The molecule has 1 saturated carbocycles. The first-order valence-corrected chi connectivity index (χ1v) is 12.2. The molecule has 0 bridgehead atoms. The zero-order valence-corrected chi connectivity index (χ0v) is 20.3. The summed E-state index contributed by atoms with van der Waals surface area (Å²) in [6.07, 6.45) is 6.53. The molecule has 1 aliphatic carbocycles. The summed E-state index contributed by atoms with van der Waals surface area (Å²) in [5, 5.41) is 30.1. The SMILES string of the molecule is C[C]1[CH][CH][CH][C](Cl)[C]1NC(O)C1=CNC(Nc2cc(N3CCN(CCO)CC3)nc(C)n2)S1. The number of aliphatic hydroxyl groups excluding tert-OH is 2. The molecule has 1 aromatic rings. The van der Waals surface area contributed by atoms with Crippen LogP contribution in [0, 0.1) is 43.5 Å². The number of hydrogen-bond acceptors (Lipinski definition) is 10. The summed E-state index contributed by atoms with van der Waals surface area (Å²) in [5.41, 5.74) is -0.174. The Balaban J connectivity index is 1.31. The van der Waals surface area contributed by atoms with Crippen molar-refractivity contribution in [1.82, 2.24) is 25.5 Å². The molecular weight excluding hydrogens is 462 g/mol. The van der Waals surface area contributed by atoms with Crippen LogP contribution in [0.15, 0.2) is 17.2 Å². The number of aryl methyl sites for hydroxylation is 1. The summed E-state index contributed by atoms with van der Waals surface area (Å²) in [5.74, 6) is 3.27. The lowest BCUT2D eigenvalue weighted by atomic mass is 9.85. The van der Waals surface area contributed by atoms with Gasteiger partial charge in [-0.05, 0) is 26.2 Å². The molecule has 4 rings (SSSR count). The van der Waals surface area contributed by atoms with Crippen molar-refractivity contribution in [2.45, 2.75) is 25.6 Å². The fraction of sp³-hybridized carbons (Fsp3) is 0.455. The monoisotopic (exact) mass is 491 g/mol. The van der Waals surface area contributed by atoms with Crippen LogP contribution in [0.4, 0.5) is 11.6 Å². The van der Waals surface area contributed by atoms with Gasteiger partial charge in [0.25, 0.3) is 0 Å². The molecule has 9 nitrogen and oxygen atoms in total. The van der Waals surface area contributed by atoms with Crippen LogP contribution in [-0.2, 0) is 0 Å². The Morgan fingerprint density at radius 2 is 2.03 bits per heavy atom. The summed E-state index contributed by atoms with van der Waals surface area (Å²) in [4.78, 5) is 14.4. The van der Waals surface area contributed by atoms with Crippen LogP contribution in [0.1, 0.15) is 12.7 Å². The number of piperazine rings is 1. The van der Waals surface area contributed by atoms with Crippen LogP contribution in [0.3, 0.4) is 0 Å². The van der Waals surface area contributed by atoms with Crippen molar-refractivity contribution in [3.8, 4) is 0 Å². The molecule has 0 amide bonds. The Morgan fingerprint density at radius 3 is 2.76 bits per heavy atom. The van der Waals surface area contributed by atoms with Gasteiger partial charge in [-0.25, -0.2) is 9.97 Å². The minimum Gasteiger partial charge on any atom is -0.395 e. The van der Waals surface area contributed by atoms with Gasteiger partial charge in [0.15, 0.2) is 5.50 Å². The van der Waals surface area contributed by atoms with Crippen LogP contribution >= 0.6 is 23.4 Å². The quantitative estimate of drug-likeness (QED) is 0.340. The van der Waals surface area contributed by atoms with Gasteiger partial charge < -0.3 is 25.7 Å². The number of halogens is 1. The van der Waals surface area contributed by atoms with Crippen LogP contribution < -0.4 is 20.9 Å². The number of β-amino-alcohol motifs (C(OH)–C–C–N with tert-alkyl or cyclic N) is 1. The molecule has 0 aromatic carbocycles. The highest BCUT2D eigenvalue weighted by Crippen LogP contribution is 2.39. The zero-order chi connectivity index (χ0) is 23.4. The van der Waals surface area contributed by atoms with E-state index < -0.39 is 6.23 Å². The number of nitrogens with zero attached hydrogens (tertiary/aromatic N) is 4. The van der Waals surface area contributed by atoms with Gasteiger partial charge in [0, 0.05) is 55.8 Å². The number of aliphatic hydroxyl groups is 2. The molecule has 3 aliphatic rings. The van der Waals surface area contributed by atoms with Crippen LogP contribution in [0.2, 0.25) is 0 Å². The third-order valence-electron chi connectivity index (χ3n) is 5.62. The number of thioether (sulfide) groups is 1. The van der Waals surface area contributed by atoms with Crippen molar-refractivity contribution in [2.75, 3.05) is 49.5 Å². The third-order valence-corrected chi connectivity index (χ3v) is 7.04. The molecule has 5 N–H and O–H groups in total. The molecule has 2 aliphatic heterocycles. The summed E-state index contributed by atoms with van der Waals surface area (Å²) >= 11 is 7.75. The number of hydrogen-bond donors (Lipinski definition) is 5. The minimum absolute atomic E-state index is 0.174. The highest BCUT2D eigenvalue weighted by atomic mass is 35.5. The molecule has 33 heavy (non-hydrogen) atoms. The van der Waals surface area contributed by atoms with E-state index >= 15 is 0 Å². The van der Waals surface area contributed by atoms with Gasteiger partial charge in [-0.15, -0.1) is 11.6 Å². The number of aromatic nitrogens is 2. The molecule has 2 unspecified atom stereocenters. The van der Waals surface area contributed by atoms with E-state index in [1.165, 1.54) is 11.8 Å². The van der Waals surface area contributed by atoms with E-state index in [1.807, 2.05) is 32.8 Å². The zero-order valence-electron chi connectivity index (χ0n) is 18.8. The van der Waals surface area contributed by atoms with Crippen molar-refractivity contribution in [3.05, 3.63) is 59.6 Å². The second kappa shape index (κ2) is 11.4. The lowest BCUT2D eigenvalue weighted by Gasteiger charge is -2.35. The standard InChI is InChI=1S/C22H30ClN7O2S/c1-14-4-3-5-16(23)20(14)28-21(32)17-13-24-22(33-17)27-18-12-19(26-15(2)25-18)30-8-6-29(7-9-30)10-11-31/h3-5,12-13,21-22,24,28,31-32H,6-11H2,1-2H3,(H,25,26,27). The number of nitrogens with one attached hydrogen (secondary N) is 3. The molecule has 1 saturated heterocycles. The first-order chi connectivity index (χ1) is 15.9. The van der Waals surface area contributed by atoms with Gasteiger partial charge >= 0.3 is 0 Å². The fourth-order valence-corrected chi connectivity index (χ4v) is 5.05. The fourth-order valence-electron chi connectivity index (χ4n) is 3.86. The molecule has 178 valence electrons. The second-order valence-electron chi connectivity index (χ2n) is 8.05. The predicted octanol–water partition coefficient (Wildman–Crippen LogP) is 1.20. The Kier molecular flexibility index (Phi) is 8.59. The van der Waals surface area contributed by atoms with Crippen molar-refractivity contribution in [1.29, 1.82) is 0 Å². The number of anilines is 2. The molecule has 11 heteroatoms. The second-order valence-corrected chi connectivity index (χ2v) is 9.63. The van der Waals surface area contributed by atoms with Crippen molar-refractivity contribution < 1.29 is 10.2 Å². The van der Waals surface area contributed by atoms with Crippen LogP contribution in [0.5, 0.6) is 0 Å². The van der Waals surface area contributed by atoms with Crippen molar-refractivity contribution in [2.24, 2.45) is 0 Å². The maximum absolute atomic E-state index is 10.7. The van der Waals surface area contributed by atoms with E-state index in [-0.39, 0.29) is 12.1 Å². The molecule has 3 heterocycles. The summed E-state index contributed by atoms with van der Waals surface area (Å²) < 4.78 is 0. The normalized spacial score (nSPS) is 24.6. The highest BCUT2D eigenvalue weighted by molar-refractivity contribution is 8.04. The third kappa shape index (κ3) is 6.43. The maximum Gasteiger partial charge on any atom is 0.150 e. The van der Waals surface area contributed by atoms with E-state index in [2.05, 4.69) is 35.7 Å². The topological polar surface area (TPSA) is 109 Å². The summed E-state index contributed by atoms with van der Waals surface area (Å²) in [6, 6.07) is 2.68. The lowest BCUT2D eigenvalue weighted by Crippen LogP contribution is -2.47. The van der Waals surface area contributed by atoms with Gasteiger partial charge in [0.2, 0.25) is 0 Å². The average Bonchev–Trinajstić information content (AvgIpc) is 3.25. The van der Waals surface area contributed by atoms with Crippen molar-refractivity contribution >= 4 is 35.0 Å². The van der Waals surface area contributed by atoms with E-state index in [9.17, 15) is 5.11 Å². The highest BCUT2D eigenvalue weighted by Gasteiger charge is 2.35. The van der Waals surface area contributed by atoms with Gasteiger partial charge in [-0.1, -0.05) is 18.7 Å². The molecule has 2 fully saturated rings. The van der Waals surface area contributed by atoms with E-state index in [1.54, 1.807) is 12.6 Å². The van der Waals surface area contributed by atoms with Crippen LogP contribution in [-0.4, -0.2) is 76.1 Å². The predicted molar refractivity (Wildman–Crippen MR) is 132 cm³/mol. The van der Waals surface area contributed by atoms with Gasteiger partial charge in [0.05, 0.1) is 18.0 Å². The molecule has 1 aromatic heterocycles. The molecule has 0 spiro atoms. The Bertz CT molecular complexity index is 814. The smallest absolute Gasteiger partial charge is 0.150 e. The largest absolute Gasteiger partial charge is 0.395 e. The first-order valence-electron chi connectivity index (χ1n) is 11.0. The van der Waals surface area contributed by atoms with E-state index in [4.69, 9.17) is 16.7 Å². The van der Waals surface area contributed by atoms with E-state index in [0.717, 1.165) is 54.7 Å². The van der Waals surface area contributed by atoms with Crippen LogP contribution in [0.25, 0.3) is 0 Å². The van der Waals surface area contributed by atoms with Gasteiger partial charge in [0.1, 0.15) is 23.7 Å². The average molecular weight is 492 g/mol. The Morgan fingerprint density at radius 1 is 1.24 bits per heavy atom. The molecule has 6 radical (unpaired) electrons. The minimum atomic E-state index is -0.884.